The molecule has 6 nitrogen and oxygen atoms in total. The van der Waals surface area contributed by atoms with Gasteiger partial charge in [0.25, 0.3) is 0 Å². The van der Waals surface area contributed by atoms with Gasteiger partial charge in [-0.3, -0.25) is 4.79 Å². The fourth-order valence-electron chi connectivity index (χ4n) is 0.970. The molecular weight excluding hydrogens is 224 g/mol. The van der Waals surface area contributed by atoms with Gasteiger partial charge in [-0.1, -0.05) is 6.08 Å². The van der Waals surface area contributed by atoms with Crippen molar-refractivity contribution >= 4 is 11.9 Å². The van der Waals surface area contributed by atoms with E-state index in [2.05, 4.69) is 15.4 Å². The largest absolute Gasteiger partial charge is 0.463 e. The Balaban J connectivity index is 3.44. The second kappa shape index (κ2) is 11.1. The first-order valence-corrected chi connectivity index (χ1v) is 5.50. The maximum Gasteiger partial charge on any atom is 0.330 e. The Kier molecular flexibility index (Phi) is 10.2. The maximum absolute atomic E-state index is 11.2. The lowest BCUT2D eigenvalue weighted by Crippen LogP contribution is -2.35. The second-order valence-corrected chi connectivity index (χ2v) is 3.13. The first kappa shape index (κ1) is 15.6. The van der Waals surface area contributed by atoms with Crippen LogP contribution in [0.15, 0.2) is 12.2 Å². The normalized spacial score (nSPS) is 10.5. The molecule has 0 saturated carbocycles. The van der Waals surface area contributed by atoms with Crippen LogP contribution in [0, 0.1) is 0 Å². The number of hydrogen-bond acceptors (Lipinski definition) is 5. The first-order valence-electron chi connectivity index (χ1n) is 5.50. The van der Waals surface area contributed by atoms with Crippen molar-refractivity contribution in [3.63, 3.8) is 0 Å². The summed E-state index contributed by atoms with van der Waals surface area (Å²) in [6, 6.07) is 0. The Morgan fingerprint density at radius 3 is 2.76 bits per heavy atom. The van der Waals surface area contributed by atoms with Crippen LogP contribution < -0.4 is 10.6 Å². The molecule has 0 rings (SSSR count). The first-order chi connectivity index (χ1) is 8.20. The molecule has 0 aliphatic rings. The minimum absolute atomic E-state index is 0.105. The summed E-state index contributed by atoms with van der Waals surface area (Å²) in [6.45, 7) is 3.74. The molecule has 0 aromatic rings. The van der Waals surface area contributed by atoms with Gasteiger partial charge in [0.2, 0.25) is 5.91 Å². The topological polar surface area (TPSA) is 76.7 Å². The van der Waals surface area contributed by atoms with E-state index in [4.69, 9.17) is 4.74 Å². The molecule has 0 radical (unpaired) electrons. The molecule has 0 heterocycles. The van der Waals surface area contributed by atoms with Gasteiger partial charge >= 0.3 is 5.97 Å². The molecule has 0 fully saturated rings. The quantitative estimate of drug-likeness (QED) is 0.323. The predicted molar refractivity (Wildman–Crippen MR) is 63.5 cm³/mol. The molecule has 17 heavy (non-hydrogen) atoms. The number of amides is 1. The van der Waals surface area contributed by atoms with Crippen molar-refractivity contribution in [2.45, 2.75) is 6.92 Å². The van der Waals surface area contributed by atoms with Crippen molar-refractivity contribution in [1.29, 1.82) is 0 Å². The van der Waals surface area contributed by atoms with E-state index >= 15 is 0 Å². The van der Waals surface area contributed by atoms with Crippen LogP contribution >= 0.6 is 0 Å². The van der Waals surface area contributed by atoms with Crippen molar-refractivity contribution in [3.05, 3.63) is 12.2 Å². The molecule has 0 atom stereocenters. The van der Waals surface area contributed by atoms with Crippen LogP contribution in [0.4, 0.5) is 0 Å². The van der Waals surface area contributed by atoms with Gasteiger partial charge in [0.05, 0.1) is 19.8 Å². The highest BCUT2D eigenvalue weighted by Gasteiger charge is 1.98. The Hall–Kier alpha value is -1.40. The third kappa shape index (κ3) is 10.9. The Morgan fingerprint density at radius 2 is 2.12 bits per heavy atom. The van der Waals surface area contributed by atoms with E-state index in [-0.39, 0.29) is 18.4 Å². The lowest BCUT2D eigenvalue weighted by Gasteiger charge is -2.04. The van der Waals surface area contributed by atoms with Crippen molar-refractivity contribution < 1.29 is 19.1 Å². The lowest BCUT2D eigenvalue weighted by atomic mass is 10.4. The predicted octanol–water partition coefficient (Wildman–Crippen LogP) is -0.542. The van der Waals surface area contributed by atoms with E-state index in [1.54, 1.807) is 20.1 Å². The summed E-state index contributed by atoms with van der Waals surface area (Å²) in [5, 5.41) is 5.52. The van der Waals surface area contributed by atoms with Crippen molar-refractivity contribution in [1.82, 2.24) is 10.6 Å². The maximum atomic E-state index is 11.2. The number of carbonyl (C=O) groups excluding carboxylic acids is 2. The number of hydrogen-bond donors (Lipinski definition) is 2. The van der Waals surface area contributed by atoms with E-state index in [1.165, 1.54) is 6.08 Å². The van der Waals surface area contributed by atoms with Crippen LogP contribution in [0.25, 0.3) is 0 Å². The third-order valence-electron chi connectivity index (χ3n) is 1.72. The standard InChI is InChI=1S/C11H20N2O4/c1-3-17-11(15)5-4-6-12-9-10(14)13-7-8-16-2/h4-5,12H,3,6-9H2,1-2H3,(H,13,14)/b5-4+. The minimum atomic E-state index is -0.376. The number of carbonyl (C=O) groups is 2. The highest BCUT2D eigenvalue weighted by atomic mass is 16.5. The summed E-state index contributed by atoms with van der Waals surface area (Å²) in [5.74, 6) is -0.481. The number of methoxy groups -OCH3 is 1. The van der Waals surface area contributed by atoms with Gasteiger partial charge in [0.1, 0.15) is 0 Å². The molecule has 0 aliphatic heterocycles. The average molecular weight is 244 g/mol. The van der Waals surface area contributed by atoms with Gasteiger partial charge in [-0.15, -0.1) is 0 Å². The van der Waals surface area contributed by atoms with E-state index in [9.17, 15) is 9.59 Å². The Labute approximate surface area is 101 Å². The zero-order valence-corrected chi connectivity index (χ0v) is 10.3. The van der Waals surface area contributed by atoms with Crippen LogP contribution in [0.5, 0.6) is 0 Å². The van der Waals surface area contributed by atoms with Crippen molar-refractivity contribution in [2.75, 3.05) is 40.0 Å². The Bertz CT molecular complexity index is 254. The molecule has 6 heteroatoms. The van der Waals surface area contributed by atoms with Gasteiger partial charge in [-0.05, 0) is 6.92 Å². The van der Waals surface area contributed by atoms with Crippen LogP contribution in [0.2, 0.25) is 0 Å². The number of esters is 1. The van der Waals surface area contributed by atoms with Gasteiger partial charge in [-0.2, -0.15) is 0 Å². The summed E-state index contributed by atoms with van der Waals surface area (Å²) in [4.78, 5) is 22.1. The summed E-state index contributed by atoms with van der Waals surface area (Å²) in [5.41, 5.74) is 0. The van der Waals surface area contributed by atoms with Gasteiger partial charge in [-0.25, -0.2) is 4.79 Å². The van der Waals surface area contributed by atoms with E-state index in [0.717, 1.165) is 0 Å². The zero-order valence-electron chi connectivity index (χ0n) is 10.3. The van der Waals surface area contributed by atoms with Crippen LogP contribution in [-0.2, 0) is 19.1 Å². The molecule has 0 unspecified atom stereocenters. The summed E-state index contributed by atoms with van der Waals surface area (Å²) >= 11 is 0. The minimum Gasteiger partial charge on any atom is -0.463 e. The molecule has 2 N–H and O–H groups in total. The summed E-state index contributed by atoms with van der Waals surface area (Å²) in [6.07, 6.45) is 2.94. The number of rotatable bonds is 9. The molecule has 0 bridgehead atoms. The lowest BCUT2D eigenvalue weighted by molar-refractivity contribution is -0.137. The second-order valence-electron chi connectivity index (χ2n) is 3.13. The molecule has 0 aliphatic carbocycles. The summed E-state index contributed by atoms with van der Waals surface area (Å²) in [7, 11) is 1.57. The molecule has 0 saturated heterocycles. The highest BCUT2D eigenvalue weighted by molar-refractivity contribution is 5.82. The van der Waals surface area contributed by atoms with E-state index < -0.39 is 0 Å². The fourth-order valence-corrected chi connectivity index (χ4v) is 0.970. The van der Waals surface area contributed by atoms with Gasteiger partial charge in [0.15, 0.2) is 0 Å². The van der Waals surface area contributed by atoms with Crippen LogP contribution in [-0.4, -0.2) is 51.8 Å². The molecule has 1 amide bonds. The smallest absolute Gasteiger partial charge is 0.330 e. The third-order valence-corrected chi connectivity index (χ3v) is 1.72. The fraction of sp³-hybridized carbons (Fsp3) is 0.636. The number of ether oxygens (including phenoxy) is 2. The summed E-state index contributed by atoms with van der Waals surface area (Å²) < 4.78 is 9.48. The molecule has 98 valence electrons. The van der Waals surface area contributed by atoms with Crippen LogP contribution in [0.1, 0.15) is 6.92 Å². The molecule has 0 spiro atoms. The Morgan fingerprint density at radius 1 is 1.35 bits per heavy atom. The van der Waals surface area contributed by atoms with Crippen molar-refractivity contribution in [3.8, 4) is 0 Å². The average Bonchev–Trinajstić information content (AvgIpc) is 2.29. The number of nitrogens with one attached hydrogen (secondary N) is 2. The monoisotopic (exact) mass is 244 g/mol. The van der Waals surface area contributed by atoms with Gasteiger partial charge in [0, 0.05) is 26.3 Å². The zero-order chi connectivity index (χ0) is 12.9. The molecule has 0 aromatic carbocycles. The highest BCUT2D eigenvalue weighted by Crippen LogP contribution is 1.80. The molecular formula is C11H20N2O4. The molecule has 0 aromatic heterocycles. The SMILES string of the molecule is CCOC(=O)/C=C/CNCC(=O)NCCOC. The van der Waals surface area contributed by atoms with Gasteiger partial charge < -0.3 is 20.1 Å². The van der Waals surface area contributed by atoms with Crippen LogP contribution in [0.3, 0.4) is 0 Å². The van der Waals surface area contributed by atoms with E-state index in [1.807, 2.05) is 0 Å². The van der Waals surface area contributed by atoms with E-state index in [0.29, 0.717) is 26.3 Å². The van der Waals surface area contributed by atoms with Crippen molar-refractivity contribution in [2.24, 2.45) is 0 Å².